The zero-order valence-electron chi connectivity index (χ0n) is 8.20. The monoisotopic (exact) mass is 205 g/mol. The molecule has 2 heteroatoms. The van der Waals surface area contributed by atoms with E-state index in [9.17, 15) is 0 Å². The molecule has 1 N–H and O–H groups in total. The first kappa shape index (κ1) is 8.81. The van der Waals surface area contributed by atoms with Crippen molar-refractivity contribution in [3.8, 4) is 0 Å². The highest BCUT2D eigenvalue weighted by Gasteiger charge is 2.32. The van der Waals surface area contributed by atoms with Crippen molar-refractivity contribution in [2.75, 3.05) is 12.3 Å². The zero-order valence-corrected chi connectivity index (χ0v) is 9.02. The Kier molecular flexibility index (Phi) is 2.26. The van der Waals surface area contributed by atoms with Gasteiger partial charge in [-0.2, -0.15) is 11.8 Å². The second-order valence-electron chi connectivity index (χ2n) is 4.10. The molecular formula is C12H15NS. The first-order valence-corrected chi connectivity index (χ1v) is 6.43. The minimum Gasteiger partial charge on any atom is -0.309 e. The molecule has 2 aliphatic rings. The van der Waals surface area contributed by atoms with Gasteiger partial charge in [0, 0.05) is 11.3 Å². The van der Waals surface area contributed by atoms with Crippen LogP contribution in [0.25, 0.3) is 0 Å². The maximum absolute atomic E-state index is 3.68. The molecule has 0 radical (unpaired) electrons. The molecule has 0 bridgehead atoms. The molecule has 74 valence electrons. The number of rotatable bonds is 0. The van der Waals surface area contributed by atoms with E-state index >= 15 is 0 Å². The van der Waals surface area contributed by atoms with Gasteiger partial charge in [-0.15, -0.1) is 0 Å². The molecule has 0 spiro atoms. The van der Waals surface area contributed by atoms with E-state index in [4.69, 9.17) is 0 Å². The van der Waals surface area contributed by atoms with Crippen molar-refractivity contribution in [3.05, 3.63) is 35.4 Å². The summed E-state index contributed by atoms with van der Waals surface area (Å²) in [6.07, 6.45) is 2.58. The van der Waals surface area contributed by atoms with Gasteiger partial charge in [0.1, 0.15) is 0 Å². The summed E-state index contributed by atoms with van der Waals surface area (Å²) in [5, 5.41) is 4.47. The Balaban J connectivity index is 1.96. The quantitative estimate of drug-likeness (QED) is 0.698. The van der Waals surface area contributed by atoms with Crippen molar-refractivity contribution in [1.82, 2.24) is 5.32 Å². The maximum atomic E-state index is 3.68. The summed E-state index contributed by atoms with van der Waals surface area (Å²) in [5.41, 5.74) is 3.11. The van der Waals surface area contributed by atoms with E-state index in [1.807, 2.05) is 0 Å². The Morgan fingerprint density at radius 2 is 2.21 bits per heavy atom. The van der Waals surface area contributed by atoms with Gasteiger partial charge in [0.05, 0.1) is 0 Å². The van der Waals surface area contributed by atoms with Crippen LogP contribution >= 0.6 is 11.8 Å². The van der Waals surface area contributed by atoms with Crippen LogP contribution in [0.5, 0.6) is 0 Å². The van der Waals surface area contributed by atoms with Crippen LogP contribution in [0.15, 0.2) is 24.3 Å². The van der Waals surface area contributed by atoms with E-state index < -0.39 is 0 Å². The van der Waals surface area contributed by atoms with Gasteiger partial charge in [-0.25, -0.2) is 0 Å². The predicted octanol–water partition coefficient (Wildman–Crippen LogP) is 2.38. The largest absolute Gasteiger partial charge is 0.309 e. The molecule has 1 fully saturated rings. The van der Waals surface area contributed by atoms with Crippen LogP contribution in [0.1, 0.15) is 23.6 Å². The fourth-order valence-electron chi connectivity index (χ4n) is 2.52. The Morgan fingerprint density at radius 3 is 3.21 bits per heavy atom. The van der Waals surface area contributed by atoms with Gasteiger partial charge in [-0.1, -0.05) is 24.3 Å². The molecule has 1 aromatic carbocycles. The van der Waals surface area contributed by atoms with Crippen LogP contribution in [-0.2, 0) is 6.42 Å². The van der Waals surface area contributed by atoms with Crippen LogP contribution < -0.4 is 5.32 Å². The molecule has 1 aromatic rings. The molecule has 2 unspecified atom stereocenters. The molecule has 0 aromatic heterocycles. The first-order valence-electron chi connectivity index (χ1n) is 5.38. The standard InChI is InChI=1S/C12H15NS/c1-2-5-10-9(4-1)8-11-12(10)13-6-3-7-14-11/h1-2,4-5,11-13H,3,6-8H2. The highest BCUT2D eigenvalue weighted by atomic mass is 32.2. The molecule has 1 saturated heterocycles. The molecule has 3 rings (SSSR count). The lowest BCUT2D eigenvalue weighted by Crippen LogP contribution is -2.25. The third kappa shape index (κ3) is 1.37. The Bertz CT molecular complexity index is 337. The summed E-state index contributed by atoms with van der Waals surface area (Å²) in [5.74, 6) is 1.32. The van der Waals surface area contributed by atoms with Crippen molar-refractivity contribution in [2.45, 2.75) is 24.1 Å². The topological polar surface area (TPSA) is 12.0 Å². The summed E-state index contributed by atoms with van der Waals surface area (Å²) in [7, 11) is 0. The van der Waals surface area contributed by atoms with Gasteiger partial charge in [0.25, 0.3) is 0 Å². The molecule has 14 heavy (non-hydrogen) atoms. The molecular weight excluding hydrogens is 190 g/mol. The molecule has 1 aliphatic carbocycles. The van der Waals surface area contributed by atoms with Crippen molar-refractivity contribution in [2.24, 2.45) is 0 Å². The highest BCUT2D eigenvalue weighted by Crippen LogP contribution is 2.39. The van der Waals surface area contributed by atoms with Gasteiger partial charge < -0.3 is 5.32 Å². The summed E-state index contributed by atoms with van der Waals surface area (Å²) < 4.78 is 0. The minimum absolute atomic E-state index is 0.624. The van der Waals surface area contributed by atoms with Gasteiger partial charge in [-0.3, -0.25) is 0 Å². The number of benzene rings is 1. The van der Waals surface area contributed by atoms with Crippen molar-refractivity contribution in [1.29, 1.82) is 0 Å². The normalized spacial score (nSPS) is 30.6. The molecule has 1 aliphatic heterocycles. The lowest BCUT2D eigenvalue weighted by Gasteiger charge is -2.17. The van der Waals surface area contributed by atoms with E-state index in [1.165, 1.54) is 25.1 Å². The van der Waals surface area contributed by atoms with Crippen molar-refractivity contribution >= 4 is 11.8 Å². The Labute approximate surface area is 89.3 Å². The van der Waals surface area contributed by atoms with Gasteiger partial charge in [0.2, 0.25) is 0 Å². The molecule has 1 heterocycles. The molecule has 0 amide bonds. The number of hydrogen-bond acceptors (Lipinski definition) is 2. The lowest BCUT2D eigenvalue weighted by atomic mass is 10.1. The zero-order chi connectivity index (χ0) is 9.38. The third-order valence-electron chi connectivity index (χ3n) is 3.20. The fourth-order valence-corrected chi connectivity index (χ4v) is 3.87. The van der Waals surface area contributed by atoms with E-state index in [1.54, 1.807) is 11.1 Å². The molecule has 0 saturated carbocycles. The summed E-state index contributed by atoms with van der Waals surface area (Å²) in [6, 6.07) is 9.52. The Hall–Kier alpha value is -0.470. The van der Waals surface area contributed by atoms with Crippen LogP contribution in [0.4, 0.5) is 0 Å². The number of nitrogens with one attached hydrogen (secondary N) is 1. The molecule has 2 atom stereocenters. The van der Waals surface area contributed by atoms with E-state index in [2.05, 4.69) is 41.3 Å². The summed E-state index contributed by atoms with van der Waals surface area (Å²) in [6.45, 7) is 1.18. The van der Waals surface area contributed by atoms with Crippen LogP contribution in [0.3, 0.4) is 0 Å². The van der Waals surface area contributed by atoms with E-state index in [0.717, 1.165) is 5.25 Å². The molecule has 1 nitrogen and oxygen atoms in total. The van der Waals surface area contributed by atoms with Crippen LogP contribution in [0.2, 0.25) is 0 Å². The average Bonchev–Trinajstić information content (AvgIpc) is 2.42. The highest BCUT2D eigenvalue weighted by molar-refractivity contribution is 7.99. The lowest BCUT2D eigenvalue weighted by molar-refractivity contribution is 0.552. The second kappa shape index (κ2) is 3.59. The van der Waals surface area contributed by atoms with Gasteiger partial charge in [0.15, 0.2) is 0 Å². The third-order valence-corrected chi connectivity index (χ3v) is 4.59. The van der Waals surface area contributed by atoms with Crippen molar-refractivity contribution in [3.63, 3.8) is 0 Å². The van der Waals surface area contributed by atoms with E-state index in [-0.39, 0.29) is 0 Å². The number of thioether (sulfide) groups is 1. The smallest absolute Gasteiger partial charge is 0.0446 e. The fraction of sp³-hybridized carbons (Fsp3) is 0.500. The van der Waals surface area contributed by atoms with E-state index in [0.29, 0.717) is 6.04 Å². The predicted molar refractivity (Wildman–Crippen MR) is 61.8 cm³/mol. The summed E-state index contributed by atoms with van der Waals surface area (Å²) in [4.78, 5) is 0. The van der Waals surface area contributed by atoms with Crippen LogP contribution in [0, 0.1) is 0 Å². The SMILES string of the molecule is c1ccc2c(c1)CC1SCCCNC21. The second-order valence-corrected chi connectivity index (χ2v) is 5.44. The number of fused-ring (bicyclic) bond motifs is 3. The maximum Gasteiger partial charge on any atom is 0.0446 e. The summed E-state index contributed by atoms with van der Waals surface area (Å²) >= 11 is 2.15. The first-order chi connectivity index (χ1) is 6.95. The number of hydrogen-bond donors (Lipinski definition) is 1. The van der Waals surface area contributed by atoms with Crippen LogP contribution in [-0.4, -0.2) is 17.5 Å². The average molecular weight is 205 g/mol. The van der Waals surface area contributed by atoms with Crippen molar-refractivity contribution < 1.29 is 0 Å². The van der Waals surface area contributed by atoms with Gasteiger partial charge in [-0.05, 0) is 36.3 Å². The van der Waals surface area contributed by atoms with Gasteiger partial charge >= 0.3 is 0 Å². The Morgan fingerprint density at radius 1 is 1.29 bits per heavy atom. The minimum atomic E-state index is 0.624.